The average Bonchev–Trinajstić information content (AvgIpc) is 2.52. The van der Waals surface area contributed by atoms with Crippen molar-refractivity contribution in [1.82, 2.24) is 9.80 Å². The lowest BCUT2D eigenvalue weighted by atomic mass is 9.88. The maximum Gasteiger partial charge on any atom is 0.410 e. The summed E-state index contributed by atoms with van der Waals surface area (Å²) in [6.07, 6.45) is 1.23. The predicted octanol–water partition coefficient (Wildman–Crippen LogP) is 3.21. The van der Waals surface area contributed by atoms with E-state index in [0.717, 1.165) is 18.4 Å². The molecule has 25 heavy (non-hydrogen) atoms. The van der Waals surface area contributed by atoms with Crippen LogP contribution < -0.4 is 0 Å². The van der Waals surface area contributed by atoms with Crippen molar-refractivity contribution in [2.45, 2.75) is 45.1 Å². The predicted molar refractivity (Wildman–Crippen MR) is 95.9 cm³/mol. The van der Waals surface area contributed by atoms with Crippen LogP contribution in [0.3, 0.4) is 0 Å². The van der Waals surface area contributed by atoms with E-state index in [1.54, 1.807) is 25.1 Å². The van der Waals surface area contributed by atoms with Gasteiger partial charge in [0.25, 0.3) is 5.91 Å². The maximum atomic E-state index is 12.1. The molecule has 1 aromatic rings. The second kappa shape index (κ2) is 7.33. The number of phenolic OH excluding ortho intramolecular Hbond substituents is 1. The zero-order valence-corrected chi connectivity index (χ0v) is 15.7. The SMILES string of the molecule is CN(C)C(=O)c1ccc(C2CCN(C(=O)OC(C)(C)C)CC2)c(O)c1. The van der Waals surface area contributed by atoms with Gasteiger partial charge >= 0.3 is 6.09 Å². The molecule has 2 rings (SSSR count). The molecule has 0 radical (unpaired) electrons. The topological polar surface area (TPSA) is 70.1 Å². The van der Waals surface area contributed by atoms with Gasteiger partial charge in [-0.2, -0.15) is 0 Å². The number of carbonyl (C=O) groups is 2. The molecule has 1 N–H and O–H groups in total. The van der Waals surface area contributed by atoms with Gasteiger partial charge in [0.15, 0.2) is 0 Å². The molecule has 6 heteroatoms. The third-order valence-electron chi connectivity index (χ3n) is 4.27. The Hall–Kier alpha value is -2.24. The van der Waals surface area contributed by atoms with Crippen molar-refractivity contribution >= 4 is 12.0 Å². The van der Waals surface area contributed by atoms with Crippen LogP contribution in [0, 0.1) is 0 Å². The van der Waals surface area contributed by atoms with Crippen LogP contribution in [0.2, 0.25) is 0 Å². The van der Waals surface area contributed by atoms with Gasteiger partial charge in [-0.25, -0.2) is 4.79 Å². The Kier molecular flexibility index (Phi) is 5.60. The summed E-state index contributed by atoms with van der Waals surface area (Å²) in [5.41, 5.74) is 0.803. The van der Waals surface area contributed by atoms with Crippen LogP contribution in [0.4, 0.5) is 4.79 Å². The fourth-order valence-electron chi connectivity index (χ4n) is 2.98. The molecule has 0 atom stereocenters. The molecule has 1 aliphatic rings. The highest BCUT2D eigenvalue weighted by Gasteiger charge is 2.28. The highest BCUT2D eigenvalue weighted by molar-refractivity contribution is 5.94. The number of aromatic hydroxyl groups is 1. The summed E-state index contributed by atoms with van der Waals surface area (Å²) in [5.74, 6) is 0.173. The minimum absolute atomic E-state index is 0.137. The van der Waals surface area contributed by atoms with Gasteiger partial charge in [0.1, 0.15) is 11.4 Å². The smallest absolute Gasteiger partial charge is 0.410 e. The molecule has 0 aliphatic carbocycles. The number of likely N-dealkylation sites (tertiary alicyclic amines) is 1. The summed E-state index contributed by atoms with van der Waals surface area (Å²) < 4.78 is 5.40. The molecule has 2 amide bonds. The molecule has 1 saturated heterocycles. The first-order valence-corrected chi connectivity index (χ1v) is 8.61. The molecule has 0 saturated carbocycles. The normalized spacial score (nSPS) is 15.8. The first-order valence-electron chi connectivity index (χ1n) is 8.61. The Bertz CT molecular complexity index is 641. The number of rotatable bonds is 2. The van der Waals surface area contributed by atoms with Gasteiger partial charge < -0.3 is 19.6 Å². The Morgan fingerprint density at radius 1 is 1.20 bits per heavy atom. The zero-order valence-electron chi connectivity index (χ0n) is 15.7. The van der Waals surface area contributed by atoms with Crippen molar-refractivity contribution in [2.24, 2.45) is 0 Å². The van der Waals surface area contributed by atoms with Crippen molar-refractivity contribution in [3.63, 3.8) is 0 Å². The first-order chi connectivity index (χ1) is 11.6. The van der Waals surface area contributed by atoms with Gasteiger partial charge in [-0.1, -0.05) is 6.07 Å². The highest BCUT2D eigenvalue weighted by Crippen LogP contribution is 2.34. The third kappa shape index (κ3) is 4.87. The molecule has 1 heterocycles. The van der Waals surface area contributed by atoms with Gasteiger partial charge in [0.05, 0.1) is 0 Å². The summed E-state index contributed by atoms with van der Waals surface area (Å²) >= 11 is 0. The van der Waals surface area contributed by atoms with E-state index < -0.39 is 5.60 Å². The monoisotopic (exact) mass is 348 g/mol. The number of phenols is 1. The molecule has 6 nitrogen and oxygen atoms in total. The number of benzene rings is 1. The molecule has 138 valence electrons. The van der Waals surface area contributed by atoms with Crippen LogP contribution in [-0.4, -0.2) is 59.7 Å². The minimum Gasteiger partial charge on any atom is -0.508 e. The molecular formula is C19H28N2O4. The number of carbonyl (C=O) groups excluding carboxylic acids is 2. The van der Waals surface area contributed by atoms with Gasteiger partial charge in [0, 0.05) is 32.7 Å². The lowest BCUT2D eigenvalue weighted by molar-refractivity contribution is 0.0204. The molecule has 1 aromatic carbocycles. The lowest BCUT2D eigenvalue weighted by Crippen LogP contribution is -2.41. The standard InChI is InChI=1S/C19H28N2O4/c1-19(2,3)25-18(24)21-10-8-13(9-11-21)15-7-6-14(12-16(15)22)17(23)20(4)5/h6-7,12-13,22H,8-11H2,1-5H3. The van der Waals surface area contributed by atoms with E-state index in [9.17, 15) is 14.7 Å². The average molecular weight is 348 g/mol. The lowest BCUT2D eigenvalue weighted by Gasteiger charge is -2.33. The van der Waals surface area contributed by atoms with E-state index in [2.05, 4.69) is 0 Å². The van der Waals surface area contributed by atoms with Gasteiger partial charge in [-0.05, 0) is 57.2 Å². The van der Waals surface area contributed by atoms with Crippen molar-refractivity contribution < 1.29 is 19.4 Å². The molecule has 1 aliphatic heterocycles. The van der Waals surface area contributed by atoms with Crippen LogP contribution in [-0.2, 0) is 4.74 Å². The number of piperidine rings is 1. The quantitative estimate of drug-likeness (QED) is 0.891. The van der Waals surface area contributed by atoms with Crippen LogP contribution in [0.5, 0.6) is 5.75 Å². The van der Waals surface area contributed by atoms with Crippen molar-refractivity contribution in [3.8, 4) is 5.75 Å². The third-order valence-corrected chi connectivity index (χ3v) is 4.27. The fraction of sp³-hybridized carbons (Fsp3) is 0.579. The Balaban J connectivity index is 2.01. The Labute approximate surface area is 149 Å². The van der Waals surface area contributed by atoms with Gasteiger partial charge in [-0.15, -0.1) is 0 Å². The second-order valence-corrected chi connectivity index (χ2v) is 7.71. The van der Waals surface area contributed by atoms with Crippen LogP contribution in [0.25, 0.3) is 0 Å². The van der Waals surface area contributed by atoms with E-state index in [-0.39, 0.29) is 23.7 Å². The van der Waals surface area contributed by atoms with E-state index in [4.69, 9.17) is 4.74 Å². The maximum absolute atomic E-state index is 12.1. The highest BCUT2D eigenvalue weighted by atomic mass is 16.6. The molecule has 1 fully saturated rings. The van der Waals surface area contributed by atoms with E-state index in [1.807, 2.05) is 26.8 Å². The number of hydrogen-bond acceptors (Lipinski definition) is 4. The molecular weight excluding hydrogens is 320 g/mol. The number of hydrogen-bond donors (Lipinski definition) is 1. The van der Waals surface area contributed by atoms with Crippen molar-refractivity contribution in [3.05, 3.63) is 29.3 Å². The zero-order chi connectivity index (χ0) is 18.8. The van der Waals surface area contributed by atoms with Crippen molar-refractivity contribution in [2.75, 3.05) is 27.2 Å². The Morgan fingerprint density at radius 3 is 2.28 bits per heavy atom. The summed E-state index contributed by atoms with van der Waals surface area (Å²) in [5, 5.41) is 10.3. The Morgan fingerprint density at radius 2 is 1.80 bits per heavy atom. The molecule has 0 spiro atoms. The summed E-state index contributed by atoms with van der Waals surface area (Å²) in [6.45, 7) is 6.75. The number of nitrogens with zero attached hydrogens (tertiary/aromatic N) is 2. The largest absolute Gasteiger partial charge is 0.508 e. The van der Waals surface area contributed by atoms with Crippen LogP contribution in [0.15, 0.2) is 18.2 Å². The van der Waals surface area contributed by atoms with Crippen LogP contribution in [0.1, 0.15) is 55.5 Å². The number of ether oxygens (including phenoxy) is 1. The minimum atomic E-state index is -0.499. The van der Waals surface area contributed by atoms with Gasteiger partial charge in [-0.3, -0.25) is 4.79 Å². The summed E-state index contributed by atoms with van der Waals surface area (Å²) in [4.78, 5) is 27.3. The van der Waals surface area contributed by atoms with Crippen LogP contribution >= 0.6 is 0 Å². The van der Waals surface area contributed by atoms with Gasteiger partial charge in [0.2, 0.25) is 0 Å². The fourth-order valence-corrected chi connectivity index (χ4v) is 2.98. The molecule has 0 aromatic heterocycles. The molecule has 0 unspecified atom stereocenters. The first kappa shape index (κ1) is 19.1. The van der Waals surface area contributed by atoms with Crippen molar-refractivity contribution in [1.29, 1.82) is 0 Å². The van der Waals surface area contributed by atoms with E-state index >= 15 is 0 Å². The summed E-state index contributed by atoms with van der Waals surface area (Å²) in [6, 6.07) is 5.09. The molecule has 0 bridgehead atoms. The second-order valence-electron chi connectivity index (χ2n) is 7.71. The van der Waals surface area contributed by atoms with E-state index in [0.29, 0.717) is 18.7 Å². The number of amides is 2. The van der Waals surface area contributed by atoms with E-state index in [1.165, 1.54) is 11.0 Å². The summed E-state index contributed by atoms with van der Waals surface area (Å²) in [7, 11) is 3.36.